The van der Waals surface area contributed by atoms with Crippen molar-refractivity contribution in [3.63, 3.8) is 0 Å². The van der Waals surface area contributed by atoms with E-state index < -0.39 is 0 Å². The van der Waals surface area contributed by atoms with Crippen LogP contribution in [0, 0.1) is 0 Å². The van der Waals surface area contributed by atoms with Gasteiger partial charge in [0.15, 0.2) is 5.65 Å². The molecule has 0 aliphatic heterocycles. The molecule has 5 heteroatoms. The van der Waals surface area contributed by atoms with E-state index in [1.54, 1.807) is 11.6 Å². The Morgan fingerprint density at radius 1 is 1.27 bits per heavy atom. The molecule has 0 radical (unpaired) electrons. The Bertz CT molecular complexity index is 631. The van der Waals surface area contributed by atoms with Gasteiger partial charge >= 0.3 is 6.01 Å². The molecule has 74 valence electrons. The van der Waals surface area contributed by atoms with E-state index in [4.69, 9.17) is 4.74 Å². The summed E-state index contributed by atoms with van der Waals surface area (Å²) in [5, 5.41) is 5.03. The average molecular weight is 200 g/mol. The lowest BCUT2D eigenvalue weighted by atomic mass is 10.2. The van der Waals surface area contributed by atoms with Gasteiger partial charge in [0.25, 0.3) is 0 Å². The molecule has 0 amide bonds. The number of fused-ring (bicyclic) bond motifs is 3. The molecule has 15 heavy (non-hydrogen) atoms. The highest BCUT2D eigenvalue weighted by Gasteiger charge is 2.08. The minimum absolute atomic E-state index is 0.446. The number of nitrogens with zero attached hydrogens (tertiary/aromatic N) is 4. The summed E-state index contributed by atoms with van der Waals surface area (Å²) in [5.74, 6) is 0. The Morgan fingerprint density at radius 3 is 3.00 bits per heavy atom. The fourth-order valence-electron chi connectivity index (χ4n) is 1.61. The molecule has 0 aliphatic carbocycles. The van der Waals surface area contributed by atoms with E-state index in [9.17, 15) is 0 Å². The van der Waals surface area contributed by atoms with Crippen molar-refractivity contribution < 1.29 is 4.74 Å². The van der Waals surface area contributed by atoms with Gasteiger partial charge in [-0.15, -0.1) is 0 Å². The van der Waals surface area contributed by atoms with Crippen molar-refractivity contribution in [2.24, 2.45) is 0 Å². The third-order valence-electron chi connectivity index (χ3n) is 2.27. The van der Waals surface area contributed by atoms with E-state index in [0.29, 0.717) is 6.01 Å². The summed E-state index contributed by atoms with van der Waals surface area (Å²) in [6.07, 6.45) is 1.49. The van der Waals surface area contributed by atoms with Crippen LogP contribution in [0.3, 0.4) is 0 Å². The highest BCUT2D eigenvalue weighted by Crippen LogP contribution is 2.19. The molecule has 0 atom stereocenters. The molecule has 0 N–H and O–H groups in total. The van der Waals surface area contributed by atoms with E-state index in [1.807, 2.05) is 24.3 Å². The molecule has 0 fully saturated rings. The van der Waals surface area contributed by atoms with Crippen LogP contribution < -0.4 is 4.74 Å². The third-order valence-corrected chi connectivity index (χ3v) is 2.27. The maximum Gasteiger partial charge on any atom is 0.319 e. The fourth-order valence-corrected chi connectivity index (χ4v) is 1.61. The molecule has 5 nitrogen and oxygen atoms in total. The molecule has 0 unspecified atom stereocenters. The van der Waals surface area contributed by atoms with Crippen molar-refractivity contribution in [2.45, 2.75) is 0 Å². The van der Waals surface area contributed by atoms with E-state index >= 15 is 0 Å². The molecule has 0 aliphatic rings. The van der Waals surface area contributed by atoms with Gasteiger partial charge in [-0.2, -0.15) is 14.6 Å². The first-order chi connectivity index (χ1) is 7.40. The number of hydrogen-bond donors (Lipinski definition) is 0. The molecule has 0 saturated heterocycles. The lowest BCUT2D eigenvalue weighted by Gasteiger charge is -2.03. The van der Waals surface area contributed by atoms with Crippen molar-refractivity contribution in [3.8, 4) is 6.01 Å². The van der Waals surface area contributed by atoms with Crippen LogP contribution in [0.1, 0.15) is 0 Å². The second-order valence-electron chi connectivity index (χ2n) is 3.11. The fraction of sp³-hybridized carbons (Fsp3) is 0.100. The van der Waals surface area contributed by atoms with Crippen LogP contribution in [0.5, 0.6) is 6.01 Å². The Hall–Kier alpha value is -2.17. The zero-order chi connectivity index (χ0) is 10.3. The van der Waals surface area contributed by atoms with E-state index in [-0.39, 0.29) is 0 Å². The quantitative estimate of drug-likeness (QED) is 0.593. The summed E-state index contributed by atoms with van der Waals surface area (Å²) in [7, 11) is 1.57. The van der Waals surface area contributed by atoms with Gasteiger partial charge in [-0.05, 0) is 12.1 Å². The Kier molecular flexibility index (Phi) is 1.58. The summed E-state index contributed by atoms with van der Waals surface area (Å²) in [5.41, 5.74) is 1.62. The number of hydrogen-bond acceptors (Lipinski definition) is 4. The number of para-hydroxylation sites is 1. The minimum atomic E-state index is 0.446. The van der Waals surface area contributed by atoms with E-state index in [1.165, 1.54) is 6.33 Å². The molecule has 3 rings (SSSR count). The van der Waals surface area contributed by atoms with Gasteiger partial charge in [0.05, 0.1) is 12.6 Å². The highest BCUT2D eigenvalue weighted by molar-refractivity contribution is 5.91. The summed E-state index contributed by atoms with van der Waals surface area (Å²) in [6.45, 7) is 0. The summed E-state index contributed by atoms with van der Waals surface area (Å²) in [4.78, 5) is 8.52. The van der Waals surface area contributed by atoms with Gasteiger partial charge in [0, 0.05) is 5.39 Å². The van der Waals surface area contributed by atoms with Crippen molar-refractivity contribution in [1.29, 1.82) is 0 Å². The Labute approximate surface area is 85.3 Å². The highest BCUT2D eigenvalue weighted by atomic mass is 16.5. The summed E-state index contributed by atoms with van der Waals surface area (Å²) < 4.78 is 6.73. The van der Waals surface area contributed by atoms with Gasteiger partial charge in [-0.25, -0.2) is 4.98 Å². The lowest BCUT2D eigenvalue weighted by molar-refractivity contribution is 0.369. The predicted octanol–water partition coefficient (Wildman–Crippen LogP) is 1.29. The molecule has 2 heterocycles. The van der Waals surface area contributed by atoms with Crippen molar-refractivity contribution in [3.05, 3.63) is 30.6 Å². The van der Waals surface area contributed by atoms with Crippen LogP contribution in [-0.2, 0) is 0 Å². The first-order valence-corrected chi connectivity index (χ1v) is 4.52. The van der Waals surface area contributed by atoms with Gasteiger partial charge < -0.3 is 4.74 Å². The molecular weight excluding hydrogens is 192 g/mol. The summed E-state index contributed by atoms with van der Waals surface area (Å²) >= 11 is 0. The Morgan fingerprint density at radius 2 is 2.13 bits per heavy atom. The number of ether oxygens (including phenoxy) is 1. The van der Waals surface area contributed by atoms with Crippen molar-refractivity contribution in [1.82, 2.24) is 19.6 Å². The van der Waals surface area contributed by atoms with Crippen molar-refractivity contribution >= 4 is 16.6 Å². The molecule has 0 bridgehead atoms. The van der Waals surface area contributed by atoms with Crippen LogP contribution in [0.2, 0.25) is 0 Å². The third kappa shape index (κ3) is 1.06. The smallest absolute Gasteiger partial charge is 0.319 e. The first kappa shape index (κ1) is 8.16. The largest absolute Gasteiger partial charge is 0.467 e. The molecule has 0 saturated carbocycles. The molecule has 3 aromatic rings. The van der Waals surface area contributed by atoms with Gasteiger partial charge in [-0.3, -0.25) is 0 Å². The van der Waals surface area contributed by atoms with Crippen LogP contribution >= 0.6 is 0 Å². The number of aromatic nitrogens is 4. The second kappa shape index (κ2) is 2.91. The SMILES string of the molecule is COc1nc2ccccc2c2ncnn12. The number of methoxy groups -OCH3 is 1. The van der Waals surface area contributed by atoms with Gasteiger partial charge in [0.2, 0.25) is 0 Å². The zero-order valence-electron chi connectivity index (χ0n) is 8.08. The average Bonchev–Trinajstić information content (AvgIpc) is 2.77. The standard InChI is InChI=1S/C10H8N4O/c1-15-10-13-8-5-3-2-4-7(8)9-11-6-12-14(9)10/h2-6H,1H3. The molecule has 1 aromatic carbocycles. The van der Waals surface area contributed by atoms with Crippen LogP contribution in [0.25, 0.3) is 16.6 Å². The van der Waals surface area contributed by atoms with E-state index in [0.717, 1.165) is 16.6 Å². The maximum atomic E-state index is 5.14. The second-order valence-corrected chi connectivity index (χ2v) is 3.11. The van der Waals surface area contributed by atoms with Crippen LogP contribution in [0.4, 0.5) is 0 Å². The molecule has 0 spiro atoms. The van der Waals surface area contributed by atoms with Crippen LogP contribution in [-0.4, -0.2) is 26.7 Å². The van der Waals surface area contributed by atoms with Gasteiger partial charge in [-0.1, -0.05) is 12.1 Å². The maximum absolute atomic E-state index is 5.14. The topological polar surface area (TPSA) is 52.3 Å². The predicted molar refractivity (Wildman–Crippen MR) is 54.8 cm³/mol. The van der Waals surface area contributed by atoms with Crippen molar-refractivity contribution in [2.75, 3.05) is 7.11 Å². The zero-order valence-corrected chi connectivity index (χ0v) is 8.08. The van der Waals surface area contributed by atoms with Gasteiger partial charge in [0.1, 0.15) is 6.33 Å². The minimum Gasteiger partial charge on any atom is -0.467 e. The summed E-state index contributed by atoms with van der Waals surface area (Å²) in [6, 6.07) is 8.21. The Balaban J connectivity index is 2.57. The number of rotatable bonds is 1. The lowest BCUT2D eigenvalue weighted by Crippen LogP contribution is -1.99. The number of benzene rings is 1. The first-order valence-electron chi connectivity index (χ1n) is 4.52. The molecule has 2 aromatic heterocycles. The monoisotopic (exact) mass is 200 g/mol. The normalized spacial score (nSPS) is 11.0. The molecular formula is C10H8N4O. The van der Waals surface area contributed by atoms with E-state index in [2.05, 4.69) is 15.1 Å². The van der Waals surface area contributed by atoms with Crippen LogP contribution in [0.15, 0.2) is 30.6 Å².